The maximum atomic E-state index is 12.5. The highest BCUT2D eigenvalue weighted by atomic mass is 35.5. The number of benzene rings is 2. The molecular formula is C21H19ClN4O5S. The molecule has 32 heavy (non-hydrogen) atoms. The topological polar surface area (TPSA) is 123 Å². The summed E-state index contributed by atoms with van der Waals surface area (Å²) in [6.07, 6.45) is 0.748. The third-order valence-electron chi connectivity index (χ3n) is 4.46. The molecule has 3 rings (SSSR count). The highest BCUT2D eigenvalue weighted by Gasteiger charge is 2.21. The first-order valence-electron chi connectivity index (χ1n) is 9.32. The standard InChI is InChI=1S/C21H19ClN4O5S/c1-11(18(27)23-17-10-14(19(28)29)6-9-16(17)22)31-20(30)13-4-7-15(8-5-13)26-12(2)24-25-21(26)32-3/h4-11H,1-3H3,(H,23,27)(H,28,29). The molecule has 9 nitrogen and oxygen atoms in total. The van der Waals surface area contributed by atoms with Crippen LogP contribution in [0.1, 0.15) is 33.5 Å². The molecular weight excluding hydrogens is 456 g/mol. The number of esters is 1. The van der Waals surface area contributed by atoms with Gasteiger partial charge in [-0.2, -0.15) is 0 Å². The van der Waals surface area contributed by atoms with E-state index >= 15 is 0 Å². The van der Waals surface area contributed by atoms with E-state index in [0.717, 1.165) is 5.69 Å². The summed E-state index contributed by atoms with van der Waals surface area (Å²) >= 11 is 7.46. The number of aromatic carboxylic acids is 1. The third-order valence-corrected chi connectivity index (χ3v) is 5.42. The zero-order valence-electron chi connectivity index (χ0n) is 17.3. The van der Waals surface area contributed by atoms with Crippen molar-refractivity contribution in [2.24, 2.45) is 0 Å². The van der Waals surface area contributed by atoms with E-state index in [4.69, 9.17) is 21.4 Å². The fraction of sp³-hybridized carbons (Fsp3) is 0.190. The van der Waals surface area contributed by atoms with E-state index in [2.05, 4.69) is 15.5 Å². The summed E-state index contributed by atoms with van der Waals surface area (Å²) in [6, 6.07) is 10.5. The lowest BCUT2D eigenvalue weighted by Crippen LogP contribution is -2.30. The minimum absolute atomic E-state index is 0.0394. The lowest BCUT2D eigenvalue weighted by Gasteiger charge is -2.15. The van der Waals surface area contributed by atoms with Gasteiger partial charge in [0.15, 0.2) is 11.3 Å². The molecule has 0 aliphatic rings. The van der Waals surface area contributed by atoms with Gasteiger partial charge in [-0.25, -0.2) is 9.59 Å². The van der Waals surface area contributed by atoms with Crippen LogP contribution in [0.2, 0.25) is 5.02 Å². The number of halogens is 1. The number of hydrogen-bond donors (Lipinski definition) is 2. The van der Waals surface area contributed by atoms with Crippen molar-refractivity contribution in [1.82, 2.24) is 14.8 Å². The number of nitrogens with one attached hydrogen (secondary N) is 1. The van der Waals surface area contributed by atoms with Crippen LogP contribution in [0.5, 0.6) is 0 Å². The number of aryl methyl sites for hydroxylation is 1. The Bertz CT molecular complexity index is 1180. The maximum absolute atomic E-state index is 12.5. The summed E-state index contributed by atoms with van der Waals surface area (Å²) in [4.78, 5) is 36.0. The minimum Gasteiger partial charge on any atom is -0.478 e. The number of ether oxygens (including phenoxy) is 1. The molecule has 2 N–H and O–H groups in total. The Morgan fingerprint density at radius 3 is 2.41 bits per heavy atom. The van der Waals surface area contributed by atoms with Crippen LogP contribution in [0.3, 0.4) is 0 Å². The van der Waals surface area contributed by atoms with E-state index in [0.29, 0.717) is 11.0 Å². The predicted molar refractivity (Wildman–Crippen MR) is 120 cm³/mol. The second kappa shape index (κ2) is 9.84. The second-order valence-electron chi connectivity index (χ2n) is 6.65. The molecule has 0 saturated carbocycles. The molecule has 1 amide bonds. The molecule has 0 aliphatic carbocycles. The largest absolute Gasteiger partial charge is 0.478 e. The van der Waals surface area contributed by atoms with E-state index in [1.54, 1.807) is 24.3 Å². The van der Waals surface area contributed by atoms with Gasteiger partial charge in [-0.1, -0.05) is 23.4 Å². The molecule has 0 fully saturated rings. The Morgan fingerprint density at radius 2 is 1.78 bits per heavy atom. The van der Waals surface area contributed by atoms with Gasteiger partial charge >= 0.3 is 11.9 Å². The van der Waals surface area contributed by atoms with Crippen LogP contribution in [-0.2, 0) is 9.53 Å². The number of anilines is 1. The Labute approximate surface area is 192 Å². The summed E-state index contributed by atoms with van der Waals surface area (Å²) in [5.74, 6) is -1.79. The molecule has 0 spiro atoms. The third kappa shape index (κ3) is 5.09. The first kappa shape index (κ1) is 23.3. The highest BCUT2D eigenvalue weighted by molar-refractivity contribution is 7.98. The number of carboxylic acid groups (broad SMARTS) is 1. The van der Waals surface area contributed by atoms with Crippen LogP contribution >= 0.6 is 23.4 Å². The van der Waals surface area contributed by atoms with Crippen molar-refractivity contribution in [3.05, 3.63) is 64.4 Å². The highest BCUT2D eigenvalue weighted by Crippen LogP contribution is 2.24. The number of thioether (sulfide) groups is 1. The zero-order valence-corrected chi connectivity index (χ0v) is 18.9. The fourth-order valence-electron chi connectivity index (χ4n) is 2.79. The smallest absolute Gasteiger partial charge is 0.338 e. The fourth-order valence-corrected chi connectivity index (χ4v) is 3.50. The summed E-state index contributed by atoms with van der Waals surface area (Å²) in [5, 5.41) is 20.6. The van der Waals surface area contributed by atoms with E-state index in [1.807, 2.05) is 17.7 Å². The van der Waals surface area contributed by atoms with Crippen molar-refractivity contribution < 1.29 is 24.2 Å². The van der Waals surface area contributed by atoms with Crippen molar-refractivity contribution in [3.63, 3.8) is 0 Å². The van der Waals surface area contributed by atoms with Gasteiger partial charge in [-0.15, -0.1) is 10.2 Å². The lowest BCUT2D eigenvalue weighted by molar-refractivity contribution is -0.123. The summed E-state index contributed by atoms with van der Waals surface area (Å²) in [7, 11) is 0. The summed E-state index contributed by atoms with van der Waals surface area (Å²) in [5.41, 5.74) is 1.11. The van der Waals surface area contributed by atoms with Crippen molar-refractivity contribution in [2.75, 3.05) is 11.6 Å². The lowest BCUT2D eigenvalue weighted by atomic mass is 10.2. The molecule has 1 unspecified atom stereocenters. The number of rotatable bonds is 7. The number of amides is 1. The van der Waals surface area contributed by atoms with Gasteiger partial charge in [0, 0.05) is 5.69 Å². The molecule has 3 aromatic rings. The van der Waals surface area contributed by atoms with Gasteiger partial charge in [0.25, 0.3) is 5.91 Å². The van der Waals surface area contributed by atoms with Crippen LogP contribution in [0.4, 0.5) is 5.69 Å². The van der Waals surface area contributed by atoms with Crippen LogP contribution in [0, 0.1) is 6.92 Å². The molecule has 0 radical (unpaired) electrons. The predicted octanol–water partition coefficient (Wildman–Crippen LogP) is 3.83. The molecule has 1 aromatic heterocycles. The molecule has 0 saturated heterocycles. The van der Waals surface area contributed by atoms with Crippen molar-refractivity contribution in [3.8, 4) is 5.69 Å². The van der Waals surface area contributed by atoms with Crippen LogP contribution in [0.15, 0.2) is 47.6 Å². The molecule has 0 bridgehead atoms. The number of hydrogen-bond acceptors (Lipinski definition) is 7. The average molecular weight is 475 g/mol. The monoisotopic (exact) mass is 474 g/mol. The van der Waals surface area contributed by atoms with Gasteiger partial charge < -0.3 is 15.2 Å². The van der Waals surface area contributed by atoms with Gasteiger partial charge in [0.05, 0.1) is 21.8 Å². The number of carboxylic acids is 1. The van der Waals surface area contributed by atoms with Gasteiger partial charge in [-0.3, -0.25) is 9.36 Å². The van der Waals surface area contributed by atoms with E-state index < -0.39 is 23.9 Å². The summed E-state index contributed by atoms with van der Waals surface area (Å²) < 4.78 is 7.09. The van der Waals surface area contributed by atoms with E-state index in [9.17, 15) is 14.4 Å². The van der Waals surface area contributed by atoms with Crippen LogP contribution in [-0.4, -0.2) is 50.1 Å². The Morgan fingerprint density at radius 1 is 1.12 bits per heavy atom. The zero-order chi connectivity index (χ0) is 23.4. The Kier molecular flexibility index (Phi) is 7.16. The van der Waals surface area contributed by atoms with E-state index in [-0.39, 0.29) is 21.8 Å². The molecule has 166 valence electrons. The number of carbonyl (C=O) groups is 3. The Balaban J connectivity index is 1.68. The molecule has 1 atom stereocenters. The number of aromatic nitrogens is 3. The normalized spacial score (nSPS) is 11.6. The summed E-state index contributed by atoms with van der Waals surface area (Å²) in [6.45, 7) is 3.23. The maximum Gasteiger partial charge on any atom is 0.338 e. The number of carbonyl (C=O) groups excluding carboxylic acids is 2. The SMILES string of the molecule is CSc1nnc(C)n1-c1ccc(C(=O)OC(C)C(=O)Nc2cc(C(=O)O)ccc2Cl)cc1. The molecule has 0 aliphatic heterocycles. The van der Waals surface area contributed by atoms with Gasteiger partial charge in [0.2, 0.25) is 0 Å². The van der Waals surface area contributed by atoms with Crippen LogP contribution < -0.4 is 5.32 Å². The van der Waals surface area contributed by atoms with Crippen molar-refractivity contribution >= 4 is 46.9 Å². The van der Waals surface area contributed by atoms with Gasteiger partial charge in [0.1, 0.15) is 5.82 Å². The minimum atomic E-state index is -1.16. The first-order chi connectivity index (χ1) is 15.2. The van der Waals surface area contributed by atoms with E-state index in [1.165, 1.54) is 36.9 Å². The van der Waals surface area contributed by atoms with Gasteiger partial charge in [-0.05, 0) is 62.6 Å². The first-order valence-corrected chi connectivity index (χ1v) is 10.9. The molecule has 2 aromatic carbocycles. The second-order valence-corrected chi connectivity index (χ2v) is 7.83. The Hall–Kier alpha value is -3.37. The molecule has 11 heteroatoms. The number of nitrogens with zero attached hydrogens (tertiary/aromatic N) is 3. The average Bonchev–Trinajstić information content (AvgIpc) is 3.15. The van der Waals surface area contributed by atoms with Crippen molar-refractivity contribution in [1.29, 1.82) is 0 Å². The van der Waals surface area contributed by atoms with Crippen LogP contribution in [0.25, 0.3) is 5.69 Å². The van der Waals surface area contributed by atoms with Crippen molar-refractivity contribution in [2.45, 2.75) is 25.1 Å². The molecule has 1 heterocycles. The quantitative estimate of drug-likeness (QED) is 0.391.